The van der Waals surface area contributed by atoms with Crippen molar-refractivity contribution in [3.05, 3.63) is 23.9 Å². The van der Waals surface area contributed by atoms with Crippen molar-refractivity contribution in [2.75, 3.05) is 0 Å². The summed E-state index contributed by atoms with van der Waals surface area (Å²) in [5, 5.41) is 9.01. The minimum Gasteiger partial charge on any atom is -0.478 e. The molecule has 0 fully saturated rings. The first kappa shape index (κ1) is 9.31. The number of carbonyl (C=O) groups excluding carboxylic acids is 2. The number of aliphatic hydroxyl groups is 1. The first-order valence-corrected chi connectivity index (χ1v) is 3.51. The average Bonchev–Trinajstić information content (AvgIpc) is 2.02. The van der Waals surface area contributed by atoms with E-state index < -0.39 is 17.9 Å². The summed E-state index contributed by atoms with van der Waals surface area (Å²) >= 11 is 0. The van der Waals surface area contributed by atoms with Gasteiger partial charge in [-0.05, 0) is 0 Å². The number of carbonyl (C=O) groups is 2. The van der Waals surface area contributed by atoms with Gasteiger partial charge in [0, 0.05) is 12.5 Å². The van der Waals surface area contributed by atoms with E-state index in [2.05, 4.69) is 16.1 Å². The van der Waals surface area contributed by atoms with Crippen molar-refractivity contribution in [1.29, 1.82) is 0 Å². The number of esters is 2. The number of hydrogen-bond acceptors (Lipinski definition) is 5. The third kappa shape index (κ3) is 2.08. The molecule has 0 aromatic rings. The largest absolute Gasteiger partial charge is 0.478 e. The summed E-state index contributed by atoms with van der Waals surface area (Å²) in [6.45, 7) is 4.61. The maximum Gasteiger partial charge on any atom is 0.341 e. The first-order valence-electron chi connectivity index (χ1n) is 3.51. The van der Waals surface area contributed by atoms with Crippen molar-refractivity contribution in [3.63, 3.8) is 0 Å². The molecule has 0 aliphatic carbocycles. The van der Waals surface area contributed by atoms with Crippen molar-refractivity contribution < 1.29 is 24.2 Å². The average molecular weight is 184 g/mol. The van der Waals surface area contributed by atoms with E-state index in [1.807, 2.05) is 0 Å². The van der Waals surface area contributed by atoms with Gasteiger partial charge in [-0.15, -0.1) is 0 Å². The Hall–Kier alpha value is -1.78. The number of hydrogen-bond donors (Lipinski definition) is 1. The molecule has 0 saturated heterocycles. The monoisotopic (exact) mass is 184 g/mol. The summed E-state index contributed by atoms with van der Waals surface area (Å²) in [6.07, 6.45) is -0.233. The van der Waals surface area contributed by atoms with Crippen molar-refractivity contribution in [2.45, 2.75) is 13.3 Å². The molecule has 1 aliphatic rings. The van der Waals surface area contributed by atoms with Gasteiger partial charge in [0.05, 0.1) is 6.42 Å². The molecule has 13 heavy (non-hydrogen) atoms. The molecule has 5 heteroatoms. The van der Waals surface area contributed by atoms with Crippen LogP contribution in [0.2, 0.25) is 0 Å². The lowest BCUT2D eigenvalue weighted by Crippen LogP contribution is -2.17. The molecule has 1 heterocycles. The molecular weight excluding hydrogens is 176 g/mol. The zero-order chi connectivity index (χ0) is 10.0. The van der Waals surface area contributed by atoms with E-state index in [4.69, 9.17) is 5.11 Å². The Morgan fingerprint density at radius 2 is 2.00 bits per heavy atom. The molecule has 0 spiro atoms. The molecule has 0 bridgehead atoms. The fraction of sp³-hybridized carbons (Fsp3) is 0.250. The normalized spacial score (nSPS) is 24.5. The topological polar surface area (TPSA) is 72.8 Å². The van der Waals surface area contributed by atoms with Crippen molar-refractivity contribution in [3.8, 4) is 0 Å². The Morgan fingerprint density at radius 3 is 2.62 bits per heavy atom. The van der Waals surface area contributed by atoms with Gasteiger partial charge in [0.25, 0.3) is 0 Å². The molecular formula is C8H8O5. The number of allylic oxidation sites excluding steroid dienone is 1. The predicted octanol–water partition coefficient (Wildman–Crippen LogP) is 0.780. The number of cyclic esters (lactones) is 2. The van der Waals surface area contributed by atoms with E-state index in [9.17, 15) is 9.59 Å². The Bertz CT molecular complexity index is 312. The molecule has 0 atom stereocenters. The molecule has 70 valence electrons. The molecule has 0 aromatic carbocycles. The van der Waals surface area contributed by atoms with Crippen LogP contribution in [0.1, 0.15) is 13.3 Å². The minimum atomic E-state index is -0.825. The Balaban J connectivity index is 2.96. The van der Waals surface area contributed by atoms with Crippen LogP contribution < -0.4 is 0 Å². The molecule has 5 nitrogen and oxygen atoms in total. The van der Waals surface area contributed by atoms with Crippen molar-refractivity contribution in [2.24, 2.45) is 0 Å². The summed E-state index contributed by atoms with van der Waals surface area (Å²) in [6, 6.07) is 0. The molecule has 0 aromatic heterocycles. The summed E-state index contributed by atoms with van der Waals surface area (Å²) < 4.78 is 8.96. The van der Waals surface area contributed by atoms with Gasteiger partial charge in [-0.25, -0.2) is 4.79 Å². The van der Waals surface area contributed by atoms with E-state index in [1.165, 1.54) is 6.92 Å². The zero-order valence-electron chi connectivity index (χ0n) is 6.99. The van der Waals surface area contributed by atoms with Gasteiger partial charge >= 0.3 is 17.9 Å². The number of ether oxygens (including phenoxy) is 2. The third-order valence-electron chi connectivity index (χ3n) is 1.40. The third-order valence-corrected chi connectivity index (χ3v) is 1.40. The fourth-order valence-corrected chi connectivity index (χ4v) is 0.729. The van der Waals surface area contributed by atoms with E-state index >= 15 is 0 Å². The van der Waals surface area contributed by atoms with Crippen molar-refractivity contribution in [1.82, 2.24) is 0 Å². The molecule has 1 N–H and O–H groups in total. The molecule has 0 saturated carbocycles. The fourth-order valence-electron chi connectivity index (χ4n) is 0.729. The highest BCUT2D eigenvalue weighted by Gasteiger charge is 2.22. The maximum absolute atomic E-state index is 10.9. The second kappa shape index (κ2) is 3.30. The standard InChI is InChI=1S/C8H8O5/c1-4-3-6(9)12-5(2)8(11)13-7(4)10/h11H,1,3H2,2H3/b8-5-. The van der Waals surface area contributed by atoms with Gasteiger partial charge < -0.3 is 14.6 Å². The van der Waals surface area contributed by atoms with Crippen LogP contribution in [0.15, 0.2) is 23.9 Å². The first-order chi connectivity index (χ1) is 6.00. The van der Waals surface area contributed by atoms with Crippen LogP contribution in [-0.4, -0.2) is 17.0 Å². The van der Waals surface area contributed by atoms with Crippen LogP contribution in [0.3, 0.4) is 0 Å². The van der Waals surface area contributed by atoms with Gasteiger partial charge in [0.15, 0.2) is 5.76 Å². The van der Waals surface area contributed by atoms with Gasteiger partial charge in [-0.2, -0.15) is 0 Å². The zero-order valence-corrected chi connectivity index (χ0v) is 6.99. The van der Waals surface area contributed by atoms with E-state index in [1.54, 1.807) is 0 Å². The highest BCUT2D eigenvalue weighted by molar-refractivity contribution is 5.94. The van der Waals surface area contributed by atoms with Crippen LogP contribution in [-0.2, 0) is 19.1 Å². The lowest BCUT2D eigenvalue weighted by Gasteiger charge is -2.11. The molecule has 0 radical (unpaired) electrons. The quantitative estimate of drug-likeness (QED) is 0.445. The van der Waals surface area contributed by atoms with Gasteiger partial charge in [0.1, 0.15) is 0 Å². The highest BCUT2D eigenvalue weighted by atomic mass is 16.6. The lowest BCUT2D eigenvalue weighted by molar-refractivity contribution is -0.148. The summed E-state index contributed by atoms with van der Waals surface area (Å²) in [5.74, 6) is -2.32. The molecule has 1 rings (SSSR count). The second-order valence-electron chi connectivity index (χ2n) is 2.51. The second-order valence-corrected chi connectivity index (χ2v) is 2.51. The number of aliphatic hydroxyl groups excluding tert-OH is 1. The Kier molecular flexibility index (Phi) is 2.36. The van der Waals surface area contributed by atoms with E-state index in [0.717, 1.165) is 0 Å². The Morgan fingerprint density at radius 1 is 1.38 bits per heavy atom. The molecule has 0 amide bonds. The predicted molar refractivity (Wildman–Crippen MR) is 41.3 cm³/mol. The van der Waals surface area contributed by atoms with Crippen LogP contribution in [0.4, 0.5) is 0 Å². The molecule has 0 unspecified atom stereocenters. The molecule has 1 aliphatic heterocycles. The minimum absolute atomic E-state index is 0.0518. The van der Waals surface area contributed by atoms with Gasteiger partial charge in [-0.1, -0.05) is 6.58 Å². The summed E-state index contributed by atoms with van der Waals surface area (Å²) in [4.78, 5) is 21.9. The van der Waals surface area contributed by atoms with E-state index in [0.29, 0.717) is 0 Å². The Labute approximate surface area is 74.3 Å². The summed E-state index contributed by atoms with van der Waals surface area (Å²) in [5.41, 5.74) is -0.0518. The SMILES string of the molecule is C=C1CC(=O)O/C(C)=C(/O)OC1=O. The highest BCUT2D eigenvalue weighted by Crippen LogP contribution is 2.14. The maximum atomic E-state index is 10.9. The number of rotatable bonds is 0. The van der Waals surface area contributed by atoms with E-state index in [-0.39, 0.29) is 17.8 Å². The van der Waals surface area contributed by atoms with Crippen LogP contribution >= 0.6 is 0 Å². The van der Waals surface area contributed by atoms with Crippen LogP contribution in [0, 0.1) is 0 Å². The van der Waals surface area contributed by atoms with Crippen LogP contribution in [0.5, 0.6) is 0 Å². The lowest BCUT2D eigenvalue weighted by atomic mass is 10.2. The van der Waals surface area contributed by atoms with Crippen molar-refractivity contribution >= 4 is 11.9 Å². The van der Waals surface area contributed by atoms with Crippen LogP contribution in [0.25, 0.3) is 0 Å². The summed E-state index contributed by atoms with van der Waals surface area (Å²) in [7, 11) is 0. The van der Waals surface area contributed by atoms with Gasteiger partial charge in [0.2, 0.25) is 0 Å². The smallest absolute Gasteiger partial charge is 0.341 e. The van der Waals surface area contributed by atoms with Gasteiger partial charge in [-0.3, -0.25) is 4.79 Å².